The number of likely N-dealkylation sites (tertiary alicyclic amines) is 1. The molecule has 1 aromatic heterocycles. The summed E-state index contributed by atoms with van der Waals surface area (Å²) in [4.78, 5) is 25.4. The third-order valence-corrected chi connectivity index (χ3v) is 5.67. The molecule has 1 aliphatic heterocycles. The topological polar surface area (TPSA) is 63.4 Å². The van der Waals surface area contributed by atoms with Crippen LogP contribution >= 0.6 is 22.9 Å². The highest BCUT2D eigenvalue weighted by atomic mass is 35.5. The second kappa shape index (κ2) is 5.93. The summed E-state index contributed by atoms with van der Waals surface area (Å²) in [5, 5.41) is 0.542. The second-order valence-corrected chi connectivity index (χ2v) is 7.02. The van der Waals surface area contributed by atoms with Crippen molar-refractivity contribution in [3.63, 3.8) is 0 Å². The Bertz CT molecular complexity index is 834. The molecular formula is C15H12ClF3N2O2S. The molecule has 1 fully saturated rings. The summed E-state index contributed by atoms with van der Waals surface area (Å²) in [5.41, 5.74) is 4.45. The van der Waals surface area contributed by atoms with E-state index in [1.165, 1.54) is 11.0 Å². The Kier molecular flexibility index (Phi) is 4.21. The van der Waals surface area contributed by atoms with Crippen molar-refractivity contribution in [2.45, 2.75) is 12.6 Å². The highest BCUT2D eigenvalue weighted by molar-refractivity contribution is 7.21. The molecule has 0 radical (unpaired) electrons. The maximum atomic E-state index is 12.8. The average molecular weight is 377 g/mol. The standard InChI is InChI=1S/C15H12ClF3N2O2S/c16-11-9-2-1-8(15(17,18)19)5-10(9)24-12(11)14(23)21-4-3-7(6-21)13(20)22/h1-2,5,7H,3-4,6H2,(H2,20,22)/t7-/m0/s1. The number of amides is 2. The number of hydrogen-bond donors (Lipinski definition) is 1. The number of rotatable bonds is 2. The molecule has 0 aliphatic carbocycles. The van der Waals surface area contributed by atoms with Gasteiger partial charge in [0.15, 0.2) is 0 Å². The van der Waals surface area contributed by atoms with Gasteiger partial charge in [-0.25, -0.2) is 0 Å². The van der Waals surface area contributed by atoms with E-state index < -0.39 is 29.5 Å². The summed E-state index contributed by atoms with van der Waals surface area (Å²) in [5.74, 6) is -1.26. The summed E-state index contributed by atoms with van der Waals surface area (Å²) in [6, 6.07) is 3.19. The van der Waals surface area contributed by atoms with Crippen molar-refractivity contribution >= 4 is 44.8 Å². The smallest absolute Gasteiger partial charge is 0.369 e. The van der Waals surface area contributed by atoms with Gasteiger partial charge in [0.25, 0.3) is 5.91 Å². The van der Waals surface area contributed by atoms with Crippen molar-refractivity contribution in [3.8, 4) is 0 Å². The molecule has 2 amide bonds. The molecule has 0 saturated carbocycles. The van der Waals surface area contributed by atoms with Gasteiger partial charge in [-0.3, -0.25) is 9.59 Å². The predicted octanol–water partition coefficient (Wildman–Crippen LogP) is 3.52. The molecule has 0 unspecified atom stereocenters. The normalized spacial score (nSPS) is 18.3. The number of benzene rings is 1. The van der Waals surface area contributed by atoms with Gasteiger partial charge in [-0.1, -0.05) is 17.7 Å². The molecule has 1 saturated heterocycles. The molecule has 9 heteroatoms. The molecule has 24 heavy (non-hydrogen) atoms. The Morgan fingerprint density at radius 3 is 2.62 bits per heavy atom. The Labute approximate surface area is 144 Å². The zero-order valence-corrected chi connectivity index (χ0v) is 13.8. The number of thiophene rings is 1. The number of primary amides is 1. The van der Waals surface area contributed by atoms with Crippen molar-refractivity contribution in [3.05, 3.63) is 33.7 Å². The van der Waals surface area contributed by atoms with Crippen molar-refractivity contribution in [2.24, 2.45) is 11.7 Å². The van der Waals surface area contributed by atoms with E-state index in [0.29, 0.717) is 23.1 Å². The van der Waals surface area contributed by atoms with Crippen molar-refractivity contribution in [1.82, 2.24) is 4.90 Å². The van der Waals surface area contributed by atoms with Crippen LogP contribution in [0.4, 0.5) is 13.2 Å². The first-order valence-corrected chi connectivity index (χ1v) is 8.25. The van der Waals surface area contributed by atoms with Crippen LogP contribution in [-0.2, 0) is 11.0 Å². The van der Waals surface area contributed by atoms with Gasteiger partial charge in [0.05, 0.1) is 16.5 Å². The summed E-state index contributed by atoms with van der Waals surface area (Å²) in [6.45, 7) is 0.567. The van der Waals surface area contributed by atoms with Crippen LogP contribution in [0.25, 0.3) is 10.1 Å². The molecule has 2 aromatic rings. The highest BCUT2D eigenvalue weighted by Crippen LogP contribution is 2.40. The lowest BCUT2D eigenvalue weighted by Crippen LogP contribution is -2.31. The number of nitrogens with two attached hydrogens (primary N) is 1. The van der Waals surface area contributed by atoms with Crippen molar-refractivity contribution in [2.75, 3.05) is 13.1 Å². The number of carbonyl (C=O) groups excluding carboxylic acids is 2. The van der Waals surface area contributed by atoms with E-state index in [1.807, 2.05) is 0 Å². The third kappa shape index (κ3) is 2.95. The van der Waals surface area contributed by atoms with E-state index in [2.05, 4.69) is 0 Å². The molecule has 1 aliphatic rings. The first kappa shape index (κ1) is 17.0. The number of halogens is 4. The maximum absolute atomic E-state index is 12.8. The molecular weight excluding hydrogens is 365 g/mol. The van der Waals surface area contributed by atoms with Gasteiger partial charge in [0.1, 0.15) is 4.88 Å². The van der Waals surface area contributed by atoms with Gasteiger partial charge in [0.2, 0.25) is 5.91 Å². The fourth-order valence-corrected chi connectivity index (χ4v) is 4.22. The van der Waals surface area contributed by atoms with E-state index in [-0.39, 0.29) is 16.4 Å². The van der Waals surface area contributed by atoms with Gasteiger partial charge in [-0.15, -0.1) is 11.3 Å². The van der Waals surface area contributed by atoms with Gasteiger partial charge in [-0.05, 0) is 18.6 Å². The lowest BCUT2D eigenvalue weighted by Gasteiger charge is -2.14. The van der Waals surface area contributed by atoms with Crippen LogP contribution in [0.2, 0.25) is 5.02 Å². The first-order chi connectivity index (χ1) is 11.2. The Morgan fingerprint density at radius 1 is 1.33 bits per heavy atom. The third-order valence-electron chi connectivity index (χ3n) is 4.03. The Hall–Kier alpha value is -1.80. The fraction of sp³-hybridized carbons (Fsp3) is 0.333. The van der Waals surface area contributed by atoms with Crippen LogP contribution in [0.15, 0.2) is 18.2 Å². The maximum Gasteiger partial charge on any atom is 0.416 e. The molecule has 0 bridgehead atoms. The van der Waals surface area contributed by atoms with Crippen LogP contribution in [0.1, 0.15) is 21.7 Å². The van der Waals surface area contributed by atoms with E-state index in [0.717, 1.165) is 23.5 Å². The fourth-order valence-electron chi connectivity index (χ4n) is 2.70. The van der Waals surface area contributed by atoms with E-state index >= 15 is 0 Å². The molecule has 4 nitrogen and oxygen atoms in total. The first-order valence-electron chi connectivity index (χ1n) is 7.06. The summed E-state index contributed by atoms with van der Waals surface area (Å²) < 4.78 is 38.7. The number of nitrogens with zero attached hydrogens (tertiary/aromatic N) is 1. The monoisotopic (exact) mass is 376 g/mol. The lowest BCUT2D eigenvalue weighted by atomic mass is 10.1. The van der Waals surface area contributed by atoms with Gasteiger partial charge >= 0.3 is 6.18 Å². The van der Waals surface area contributed by atoms with Crippen LogP contribution in [0.3, 0.4) is 0 Å². The Balaban J connectivity index is 1.94. The molecule has 3 rings (SSSR count). The Morgan fingerprint density at radius 2 is 2.04 bits per heavy atom. The minimum absolute atomic E-state index is 0.135. The summed E-state index contributed by atoms with van der Waals surface area (Å²) in [7, 11) is 0. The zero-order chi connectivity index (χ0) is 17.6. The van der Waals surface area contributed by atoms with Crippen LogP contribution < -0.4 is 5.73 Å². The van der Waals surface area contributed by atoms with E-state index in [4.69, 9.17) is 17.3 Å². The summed E-state index contributed by atoms with van der Waals surface area (Å²) in [6.07, 6.45) is -3.99. The second-order valence-electron chi connectivity index (χ2n) is 5.59. The minimum atomic E-state index is -4.46. The number of hydrogen-bond acceptors (Lipinski definition) is 3. The lowest BCUT2D eigenvalue weighted by molar-refractivity contribution is -0.137. The minimum Gasteiger partial charge on any atom is -0.369 e. The highest BCUT2D eigenvalue weighted by Gasteiger charge is 2.33. The zero-order valence-electron chi connectivity index (χ0n) is 12.2. The van der Waals surface area contributed by atoms with Crippen molar-refractivity contribution in [1.29, 1.82) is 0 Å². The number of alkyl halides is 3. The van der Waals surface area contributed by atoms with Crippen LogP contribution in [0, 0.1) is 5.92 Å². The molecule has 0 spiro atoms. The SMILES string of the molecule is NC(=O)[C@H]1CCN(C(=O)c2sc3cc(C(F)(F)F)ccc3c2Cl)C1. The molecule has 1 aromatic carbocycles. The molecule has 128 valence electrons. The van der Waals surface area contributed by atoms with Gasteiger partial charge in [-0.2, -0.15) is 13.2 Å². The molecule has 1 atom stereocenters. The molecule has 2 heterocycles. The number of carbonyl (C=O) groups is 2. The largest absolute Gasteiger partial charge is 0.416 e. The predicted molar refractivity (Wildman–Crippen MR) is 85.0 cm³/mol. The van der Waals surface area contributed by atoms with Crippen LogP contribution in [0.5, 0.6) is 0 Å². The van der Waals surface area contributed by atoms with Gasteiger partial charge in [0, 0.05) is 23.2 Å². The molecule has 2 N–H and O–H groups in total. The van der Waals surface area contributed by atoms with Crippen LogP contribution in [-0.4, -0.2) is 29.8 Å². The number of fused-ring (bicyclic) bond motifs is 1. The van der Waals surface area contributed by atoms with E-state index in [9.17, 15) is 22.8 Å². The quantitative estimate of drug-likeness (QED) is 0.871. The van der Waals surface area contributed by atoms with Gasteiger partial charge < -0.3 is 10.6 Å². The average Bonchev–Trinajstić information content (AvgIpc) is 3.11. The van der Waals surface area contributed by atoms with E-state index in [1.54, 1.807) is 0 Å². The summed E-state index contributed by atoms with van der Waals surface area (Å²) >= 11 is 7.11. The van der Waals surface area contributed by atoms with Crippen molar-refractivity contribution < 1.29 is 22.8 Å².